The van der Waals surface area contributed by atoms with Gasteiger partial charge in [0, 0.05) is 22.3 Å². The normalized spacial score (nSPS) is 10.4. The molecule has 0 bridgehead atoms. The molecular weight excluding hydrogens is 322 g/mol. The van der Waals surface area contributed by atoms with Crippen LogP contribution in [0.4, 0.5) is 5.69 Å². The fraction of sp³-hybridized carbons (Fsp3) is 0.0556. The number of carbonyl (C=O) groups excluding carboxylic acids is 1. The molecule has 2 N–H and O–H groups in total. The number of aromatic amines is 1. The van der Waals surface area contributed by atoms with E-state index in [-0.39, 0.29) is 5.56 Å². The molecule has 3 rings (SSSR count). The second-order valence-corrected chi connectivity index (χ2v) is 5.91. The van der Waals surface area contributed by atoms with Crippen LogP contribution in [0.15, 0.2) is 70.5 Å². The summed E-state index contributed by atoms with van der Waals surface area (Å²) in [5.74, 6) is -0.0526. The molecule has 0 aliphatic heterocycles. The van der Waals surface area contributed by atoms with Gasteiger partial charge in [0.1, 0.15) is 11.4 Å². The summed E-state index contributed by atoms with van der Waals surface area (Å²) in [5.41, 5.74) is 0.930. The Morgan fingerprint density at radius 2 is 1.92 bits per heavy atom. The molecule has 6 heteroatoms. The van der Waals surface area contributed by atoms with E-state index in [0.717, 1.165) is 10.5 Å². The second kappa shape index (κ2) is 7.14. The maximum Gasteiger partial charge on any atom is 0.264 e. The molecule has 0 unspecified atom stereocenters. The molecule has 0 fully saturated rings. The molecule has 0 radical (unpaired) electrons. The molecule has 0 aliphatic carbocycles. The zero-order valence-corrected chi connectivity index (χ0v) is 13.8. The van der Waals surface area contributed by atoms with Crippen LogP contribution in [0.2, 0.25) is 0 Å². The van der Waals surface area contributed by atoms with E-state index in [1.807, 2.05) is 54.8 Å². The predicted molar refractivity (Wildman–Crippen MR) is 96.5 cm³/mol. The van der Waals surface area contributed by atoms with Crippen LogP contribution in [0.25, 0.3) is 11.4 Å². The summed E-state index contributed by atoms with van der Waals surface area (Å²) >= 11 is 1.58. The maximum absolute atomic E-state index is 12.3. The summed E-state index contributed by atoms with van der Waals surface area (Å²) in [6.45, 7) is 0. The number of anilines is 1. The lowest BCUT2D eigenvalue weighted by molar-refractivity contribution is 0.102. The Bertz CT molecular complexity index is 923. The monoisotopic (exact) mass is 337 g/mol. The molecule has 2 aromatic carbocycles. The van der Waals surface area contributed by atoms with E-state index in [4.69, 9.17) is 0 Å². The van der Waals surface area contributed by atoms with Crippen LogP contribution >= 0.6 is 11.8 Å². The van der Waals surface area contributed by atoms with E-state index in [2.05, 4.69) is 15.3 Å². The molecule has 1 amide bonds. The van der Waals surface area contributed by atoms with Gasteiger partial charge in [-0.25, -0.2) is 4.98 Å². The lowest BCUT2D eigenvalue weighted by atomic mass is 10.2. The summed E-state index contributed by atoms with van der Waals surface area (Å²) in [6.07, 6.45) is 3.26. The van der Waals surface area contributed by atoms with Crippen molar-refractivity contribution in [2.45, 2.75) is 4.90 Å². The third-order valence-electron chi connectivity index (χ3n) is 3.42. The summed E-state index contributed by atoms with van der Waals surface area (Å²) in [5, 5.41) is 2.72. The van der Waals surface area contributed by atoms with Gasteiger partial charge in [0.05, 0.1) is 0 Å². The van der Waals surface area contributed by atoms with Crippen molar-refractivity contribution in [1.29, 1.82) is 0 Å². The largest absolute Gasteiger partial charge is 0.322 e. The summed E-state index contributed by atoms with van der Waals surface area (Å²) < 4.78 is 0. The molecular formula is C18H15N3O2S. The third-order valence-corrected chi connectivity index (χ3v) is 4.14. The third kappa shape index (κ3) is 3.55. The van der Waals surface area contributed by atoms with Crippen molar-refractivity contribution in [2.75, 3.05) is 11.6 Å². The highest BCUT2D eigenvalue weighted by atomic mass is 32.2. The number of hydrogen-bond donors (Lipinski definition) is 2. The number of H-pyrrole nitrogens is 1. The molecule has 0 saturated carbocycles. The molecule has 5 nitrogen and oxygen atoms in total. The van der Waals surface area contributed by atoms with Gasteiger partial charge in [0.15, 0.2) is 0 Å². The first kappa shape index (κ1) is 16.0. The average Bonchev–Trinajstić information content (AvgIpc) is 2.62. The first-order valence-corrected chi connectivity index (χ1v) is 8.50. The average molecular weight is 337 g/mol. The van der Waals surface area contributed by atoms with Gasteiger partial charge in [0.2, 0.25) is 0 Å². The Morgan fingerprint density at radius 1 is 1.12 bits per heavy atom. The first-order chi connectivity index (χ1) is 11.7. The van der Waals surface area contributed by atoms with Gasteiger partial charge in [-0.15, -0.1) is 11.8 Å². The Morgan fingerprint density at radius 3 is 2.62 bits per heavy atom. The number of nitrogens with zero attached hydrogens (tertiary/aromatic N) is 1. The van der Waals surface area contributed by atoms with Crippen molar-refractivity contribution in [1.82, 2.24) is 9.97 Å². The number of aromatic nitrogens is 2. The number of rotatable bonds is 4. The molecule has 1 heterocycles. The highest BCUT2D eigenvalue weighted by Gasteiger charge is 2.13. The van der Waals surface area contributed by atoms with Gasteiger partial charge >= 0.3 is 0 Å². The van der Waals surface area contributed by atoms with Crippen LogP contribution in [0.3, 0.4) is 0 Å². The minimum absolute atomic E-state index is 0.0239. The fourth-order valence-corrected chi connectivity index (χ4v) is 2.66. The topological polar surface area (TPSA) is 74.8 Å². The zero-order chi connectivity index (χ0) is 16.9. The van der Waals surface area contributed by atoms with E-state index in [1.54, 1.807) is 17.8 Å². The molecule has 0 spiro atoms. The molecule has 0 atom stereocenters. The summed E-state index contributed by atoms with van der Waals surface area (Å²) in [4.78, 5) is 32.4. The Balaban J connectivity index is 1.84. The highest BCUT2D eigenvalue weighted by Crippen LogP contribution is 2.19. The minimum atomic E-state index is -0.485. The number of hydrogen-bond acceptors (Lipinski definition) is 4. The lowest BCUT2D eigenvalue weighted by Gasteiger charge is -2.07. The first-order valence-electron chi connectivity index (χ1n) is 7.27. The standard InChI is InChI=1S/C18H15N3O2S/c1-24-14-9-5-8-13(10-14)20-17(22)15-11-19-16(21-18(15)23)12-6-3-2-4-7-12/h2-11H,1H3,(H,20,22)(H,19,21,23). The van der Waals surface area contributed by atoms with Gasteiger partial charge < -0.3 is 10.3 Å². The smallest absolute Gasteiger partial charge is 0.264 e. The fourth-order valence-electron chi connectivity index (χ4n) is 2.20. The minimum Gasteiger partial charge on any atom is -0.322 e. The van der Waals surface area contributed by atoms with Crippen molar-refractivity contribution in [3.8, 4) is 11.4 Å². The van der Waals surface area contributed by atoms with Crippen molar-refractivity contribution in [2.24, 2.45) is 0 Å². The number of carbonyl (C=O) groups is 1. The SMILES string of the molecule is CSc1cccc(NC(=O)c2cnc(-c3ccccc3)[nH]c2=O)c1. The van der Waals surface area contributed by atoms with Crippen LogP contribution in [0.5, 0.6) is 0 Å². The van der Waals surface area contributed by atoms with Crippen molar-refractivity contribution in [3.63, 3.8) is 0 Å². The van der Waals surface area contributed by atoms with Gasteiger partial charge in [-0.05, 0) is 24.5 Å². The molecule has 0 aliphatic rings. The molecule has 0 saturated heterocycles. The predicted octanol–water partition coefficient (Wildman–Crippen LogP) is 3.41. The Hall–Kier alpha value is -2.86. The van der Waals surface area contributed by atoms with Crippen LogP contribution < -0.4 is 10.9 Å². The van der Waals surface area contributed by atoms with Crippen LogP contribution in [0.1, 0.15) is 10.4 Å². The summed E-state index contributed by atoms with van der Waals surface area (Å²) in [7, 11) is 0. The van der Waals surface area contributed by atoms with E-state index in [1.165, 1.54) is 6.20 Å². The Labute approximate surface area is 143 Å². The zero-order valence-electron chi connectivity index (χ0n) is 12.9. The number of benzene rings is 2. The van der Waals surface area contributed by atoms with Gasteiger partial charge in [-0.3, -0.25) is 9.59 Å². The van der Waals surface area contributed by atoms with Gasteiger partial charge in [0.25, 0.3) is 11.5 Å². The molecule has 3 aromatic rings. The van der Waals surface area contributed by atoms with E-state index in [9.17, 15) is 9.59 Å². The van der Waals surface area contributed by atoms with Crippen molar-refractivity contribution in [3.05, 3.63) is 76.7 Å². The van der Waals surface area contributed by atoms with Gasteiger partial charge in [-0.2, -0.15) is 0 Å². The van der Waals surface area contributed by atoms with Crippen LogP contribution in [-0.2, 0) is 0 Å². The van der Waals surface area contributed by atoms with Crippen LogP contribution in [-0.4, -0.2) is 22.1 Å². The molecule has 1 aromatic heterocycles. The van der Waals surface area contributed by atoms with Crippen LogP contribution in [0, 0.1) is 0 Å². The molecule has 120 valence electrons. The number of thioether (sulfide) groups is 1. The number of amides is 1. The highest BCUT2D eigenvalue weighted by molar-refractivity contribution is 7.98. The second-order valence-electron chi connectivity index (χ2n) is 5.03. The van der Waals surface area contributed by atoms with Crippen molar-refractivity contribution < 1.29 is 4.79 Å². The lowest BCUT2D eigenvalue weighted by Crippen LogP contribution is -2.24. The maximum atomic E-state index is 12.3. The summed E-state index contributed by atoms with van der Waals surface area (Å²) in [6, 6.07) is 16.7. The quantitative estimate of drug-likeness (QED) is 0.716. The Kier molecular flexibility index (Phi) is 4.77. The van der Waals surface area contributed by atoms with Crippen molar-refractivity contribution >= 4 is 23.4 Å². The number of nitrogens with one attached hydrogen (secondary N) is 2. The van der Waals surface area contributed by atoms with E-state index >= 15 is 0 Å². The van der Waals surface area contributed by atoms with Gasteiger partial charge in [-0.1, -0.05) is 36.4 Å². The van der Waals surface area contributed by atoms with E-state index in [0.29, 0.717) is 11.5 Å². The molecule has 24 heavy (non-hydrogen) atoms. The van der Waals surface area contributed by atoms with E-state index < -0.39 is 11.5 Å².